The first-order valence-electron chi connectivity index (χ1n) is 5.22. The number of aromatic carboxylic acids is 1. The second-order valence-corrected chi connectivity index (χ2v) is 11.6. The third kappa shape index (κ3) is 4.81. The quantitative estimate of drug-likeness (QED) is 0.648. The summed E-state index contributed by atoms with van der Waals surface area (Å²) < 4.78 is 0. The fraction of sp³-hybridized carbons (Fsp3) is 0.455. The monoisotopic (exact) mass is 255 g/mol. The molecule has 0 aliphatic carbocycles. The number of hydrogen-bond donors (Lipinski definition) is 1. The lowest BCUT2D eigenvalue weighted by Crippen LogP contribution is -2.19. The van der Waals surface area contributed by atoms with Gasteiger partial charge in [-0.05, 0) is 23.9 Å². The third-order valence-electron chi connectivity index (χ3n) is 2.04. The van der Waals surface area contributed by atoms with Crippen molar-refractivity contribution in [2.75, 3.05) is 5.75 Å². The van der Waals surface area contributed by atoms with Crippen LogP contribution in [0.4, 0.5) is 0 Å². The molecule has 0 fully saturated rings. The number of carboxylic acids is 1. The first-order chi connectivity index (χ1) is 7.38. The average molecular weight is 255 g/mol. The predicted molar refractivity (Wildman–Crippen MR) is 70.1 cm³/mol. The Morgan fingerprint density at radius 2 is 2.12 bits per heavy atom. The van der Waals surface area contributed by atoms with E-state index in [9.17, 15) is 4.79 Å². The van der Waals surface area contributed by atoms with E-state index in [0.717, 1.165) is 10.8 Å². The standard InChI is InChI=1S/C11H17NO2SSi/c1-16(2,3)8-7-15-10-6-4-5-9(12-10)11(13)14/h4-6H,7-8H2,1-3H3,(H,13,14). The van der Waals surface area contributed by atoms with Gasteiger partial charge in [0.2, 0.25) is 0 Å². The highest BCUT2D eigenvalue weighted by molar-refractivity contribution is 7.99. The molecule has 1 aromatic heterocycles. The van der Waals surface area contributed by atoms with Crippen LogP contribution in [-0.2, 0) is 0 Å². The molecule has 1 aromatic rings. The van der Waals surface area contributed by atoms with Gasteiger partial charge in [0.05, 0.1) is 5.03 Å². The molecule has 0 aliphatic heterocycles. The van der Waals surface area contributed by atoms with Crippen LogP contribution in [0, 0.1) is 0 Å². The van der Waals surface area contributed by atoms with Gasteiger partial charge in [0.1, 0.15) is 5.69 Å². The smallest absolute Gasteiger partial charge is 0.354 e. The molecule has 0 amide bonds. The summed E-state index contributed by atoms with van der Waals surface area (Å²) in [5.74, 6) is 0.0545. The van der Waals surface area contributed by atoms with Gasteiger partial charge in [-0.2, -0.15) is 0 Å². The molecular weight excluding hydrogens is 238 g/mol. The molecule has 0 saturated carbocycles. The largest absolute Gasteiger partial charge is 0.477 e. The Morgan fingerprint density at radius 3 is 2.69 bits per heavy atom. The van der Waals surface area contributed by atoms with E-state index in [1.807, 2.05) is 6.07 Å². The predicted octanol–water partition coefficient (Wildman–Crippen LogP) is 3.21. The Hall–Kier alpha value is -0.813. The highest BCUT2D eigenvalue weighted by Crippen LogP contribution is 2.20. The van der Waals surface area contributed by atoms with Crippen LogP contribution in [0.15, 0.2) is 23.2 Å². The van der Waals surface area contributed by atoms with E-state index in [0.29, 0.717) is 0 Å². The van der Waals surface area contributed by atoms with Crippen molar-refractivity contribution in [3.63, 3.8) is 0 Å². The maximum Gasteiger partial charge on any atom is 0.354 e. The normalized spacial score (nSPS) is 11.4. The van der Waals surface area contributed by atoms with Gasteiger partial charge in [-0.3, -0.25) is 0 Å². The van der Waals surface area contributed by atoms with Gasteiger partial charge in [-0.15, -0.1) is 11.8 Å². The van der Waals surface area contributed by atoms with Crippen molar-refractivity contribution in [3.05, 3.63) is 23.9 Å². The minimum absolute atomic E-state index is 0.123. The van der Waals surface area contributed by atoms with Crippen molar-refractivity contribution < 1.29 is 9.90 Å². The fourth-order valence-corrected chi connectivity index (χ4v) is 4.48. The zero-order valence-corrected chi connectivity index (χ0v) is 11.7. The maximum atomic E-state index is 10.7. The number of thioether (sulfide) groups is 1. The van der Waals surface area contributed by atoms with Crippen molar-refractivity contribution >= 4 is 25.8 Å². The molecule has 0 aromatic carbocycles. The van der Waals surface area contributed by atoms with Crippen molar-refractivity contribution in [2.45, 2.75) is 30.7 Å². The van der Waals surface area contributed by atoms with Crippen LogP contribution in [0.3, 0.4) is 0 Å². The second-order valence-electron chi connectivity index (χ2n) is 4.83. The fourth-order valence-electron chi connectivity index (χ4n) is 1.08. The first-order valence-corrected chi connectivity index (χ1v) is 9.91. The van der Waals surface area contributed by atoms with Crippen LogP contribution in [0.25, 0.3) is 0 Å². The van der Waals surface area contributed by atoms with E-state index in [1.165, 1.54) is 12.1 Å². The zero-order chi connectivity index (χ0) is 12.2. The molecule has 0 unspecified atom stereocenters. The molecule has 0 radical (unpaired) electrons. The summed E-state index contributed by atoms with van der Waals surface area (Å²) in [4.78, 5) is 14.8. The Balaban J connectivity index is 2.55. The maximum absolute atomic E-state index is 10.7. The summed E-state index contributed by atoms with van der Waals surface area (Å²) in [7, 11) is -1.01. The van der Waals surface area contributed by atoms with Gasteiger partial charge < -0.3 is 5.11 Å². The van der Waals surface area contributed by atoms with Gasteiger partial charge in [0, 0.05) is 8.07 Å². The Labute approximate surface area is 101 Å². The van der Waals surface area contributed by atoms with Crippen LogP contribution in [0.1, 0.15) is 10.5 Å². The molecule has 88 valence electrons. The number of nitrogens with zero attached hydrogens (tertiary/aromatic N) is 1. The Bertz CT molecular complexity index is 376. The number of aromatic nitrogens is 1. The van der Waals surface area contributed by atoms with Gasteiger partial charge in [0.25, 0.3) is 0 Å². The Morgan fingerprint density at radius 1 is 1.44 bits per heavy atom. The molecule has 0 saturated heterocycles. The van der Waals surface area contributed by atoms with Crippen LogP contribution < -0.4 is 0 Å². The zero-order valence-electron chi connectivity index (χ0n) is 9.86. The topological polar surface area (TPSA) is 50.2 Å². The summed E-state index contributed by atoms with van der Waals surface area (Å²) in [5, 5.41) is 9.60. The summed E-state index contributed by atoms with van der Waals surface area (Å²) in [6.07, 6.45) is 0. The molecule has 1 N–H and O–H groups in total. The lowest BCUT2D eigenvalue weighted by atomic mass is 10.4. The number of pyridine rings is 1. The van der Waals surface area contributed by atoms with Gasteiger partial charge in [-0.1, -0.05) is 25.7 Å². The Kier molecular flexibility index (Phi) is 4.55. The van der Waals surface area contributed by atoms with E-state index < -0.39 is 14.0 Å². The van der Waals surface area contributed by atoms with E-state index >= 15 is 0 Å². The van der Waals surface area contributed by atoms with Crippen LogP contribution in [0.5, 0.6) is 0 Å². The first kappa shape index (κ1) is 13.3. The minimum atomic E-state index is -1.01. The second kappa shape index (κ2) is 5.50. The highest BCUT2D eigenvalue weighted by atomic mass is 32.2. The summed E-state index contributed by atoms with van der Waals surface area (Å²) >= 11 is 1.64. The lowest BCUT2D eigenvalue weighted by molar-refractivity contribution is 0.0689. The van der Waals surface area contributed by atoms with Crippen LogP contribution in [0.2, 0.25) is 25.7 Å². The van der Waals surface area contributed by atoms with Crippen molar-refractivity contribution in [1.82, 2.24) is 4.98 Å². The summed E-state index contributed by atoms with van der Waals surface area (Å²) in [6, 6.07) is 6.34. The molecule has 0 atom stereocenters. The summed E-state index contributed by atoms with van der Waals surface area (Å²) in [5.41, 5.74) is 0.123. The average Bonchev–Trinajstić information content (AvgIpc) is 2.16. The van der Waals surface area contributed by atoms with Crippen LogP contribution >= 0.6 is 11.8 Å². The van der Waals surface area contributed by atoms with Crippen molar-refractivity contribution in [3.8, 4) is 0 Å². The summed E-state index contributed by atoms with van der Waals surface area (Å²) in [6.45, 7) is 6.98. The van der Waals surface area contributed by atoms with E-state index in [4.69, 9.17) is 5.11 Å². The molecule has 0 spiro atoms. The number of rotatable bonds is 5. The number of carboxylic acid groups (broad SMARTS) is 1. The molecule has 0 aliphatic rings. The van der Waals surface area contributed by atoms with E-state index in [1.54, 1.807) is 17.8 Å². The number of hydrogen-bond acceptors (Lipinski definition) is 3. The van der Waals surface area contributed by atoms with Crippen molar-refractivity contribution in [1.29, 1.82) is 0 Å². The molecule has 1 rings (SSSR count). The molecule has 1 heterocycles. The molecule has 0 bridgehead atoms. The third-order valence-corrected chi connectivity index (χ3v) is 5.09. The van der Waals surface area contributed by atoms with Crippen molar-refractivity contribution in [2.24, 2.45) is 0 Å². The molecule has 5 heteroatoms. The van der Waals surface area contributed by atoms with E-state index in [-0.39, 0.29) is 5.69 Å². The molecule has 3 nitrogen and oxygen atoms in total. The SMILES string of the molecule is C[Si](C)(C)CCSc1cccc(C(=O)O)n1. The van der Waals surface area contributed by atoms with Gasteiger partial charge in [-0.25, -0.2) is 9.78 Å². The van der Waals surface area contributed by atoms with Gasteiger partial charge in [0.15, 0.2) is 0 Å². The van der Waals surface area contributed by atoms with E-state index in [2.05, 4.69) is 24.6 Å². The van der Waals surface area contributed by atoms with Gasteiger partial charge >= 0.3 is 5.97 Å². The highest BCUT2D eigenvalue weighted by Gasteiger charge is 2.13. The number of carbonyl (C=O) groups is 1. The minimum Gasteiger partial charge on any atom is -0.477 e. The molecule has 16 heavy (non-hydrogen) atoms. The lowest BCUT2D eigenvalue weighted by Gasteiger charge is -2.14. The molecular formula is C11H17NO2SSi. The van der Waals surface area contributed by atoms with Crippen LogP contribution in [-0.4, -0.2) is 29.9 Å².